The van der Waals surface area contributed by atoms with Crippen molar-refractivity contribution in [1.29, 1.82) is 0 Å². The highest BCUT2D eigenvalue weighted by atomic mass is 35.5. The molecule has 0 bridgehead atoms. The first-order valence-corrected chi connectivity index (χ1v) is 6.44. The highest BCUT2D eigenvalue weighted by Gasteiger charge is 2.21. The number of hydrogen-bond acceptors (Lipinski definition) is 4. The van der Waals surface area contributed by atoms with Crippen LogP contribution in [0.5, 0.6) is 0 Å². The quantitative estimate of drug-likeness (QED) is 0.510. The maximum atomic E-state index is 12.2. The van der Waals surface area contributed by atoms with Crippen molar-refractivity contribution >= 4 is 46.2 Å². The Balaban J connectivity index is 2.36. The summed E-state index contributed by atoms with van der Waals surface area (Å²) in [5, 5.41) is 14.1. The van der Waals surface area contributed by atoms with E-state index < -0.39 is 10.8 Å². The van der Waals surface area contributed by atoms with Gasteiger partial charge in [0.1, 0.15) is 5.56 Å². The van der Waals surface area contributed by atoms with Crippen LogP contribution in [0.2, 0.25) is 10.0 Å². The average molecular weight is 326 g/mol. The van der Waals surface area contributed by atoms with Crippen molar-refractivity contribution in [2.24, 2.45) is 0 Å². The van der Waals surface area contributed by atoms with E-state index in [-0.39, 0.29) is 22.0 Å². The molecule has 2 rings (SSSR count). The Bertz CT molecular complexity index is 735. The normalized spacial score (nSPS) is 10.2. The SMILES string of the molecule is Nc1ccc([N+](=O)[O-])c(C(=O)Nc2ccc(Cl)cc2Cl)c1. The van der Waals surface area contributed by atoms with Gasteiger partial charge in [0.25, 0.3) is 11.6 Å². The Hall–Kier alpha value is -2.31. The fourth-order valence-electron chi connectivity index (χ4n) is 1.68. The number of nitrogens with zero attached hydrogens (tertiary/aromatic N) is 1. The van der Waals surface area contributed by atoms with E-state index in [1.165, 1.54) is 36.4 Å². The number of anilines is 2. The number of halogens is 2. The van der Waals surface area contributed by atoms with Crippen LogP contribution in [-0.4, -0.2) is 10.8 Å². The monoisotopic (exact) mass is 325 g/mol. The standard InChI is InChI=1S/C13H9Cl2N3O3/c14-7-1-3-11(10(15)5-7)17-13(19)9-6-8(16)2-4-12(9)18(20)21/h1-6H,16H2,(H,17,19). The fraction of sp³-hybridized carbons (Fsp3) is 0. The van der Waals surface area contributed by atoms with Gasteiger partial charge in [0.15, 0.2) is 0 Å². The molecule has 0 aliphatic heterocycles. The Morgan fingerprint density at radius 2 is 1.90 bits per heavy atom. The van der Waals surface area contributed by atoms with E-state index in [2.05, 4.69) is 5.32 Å². The zero-order valence-electron chi connectivity index (χ0n) is 10.5. The molecule has 0 aliphatic rings. The third kappa shape index (κ3) is 3.42. The van der Waals surface area contributed by atoms with Gasteiger partial charge in [-0.25, -0.2) is 0 Å². The number of nitro groups is 1. The molecule has 0 aromatic heterocycles. The van der Waals surface area contributed by atoms with Crippen LogP contribution in [0.1, 0.15) is 10.4 Å². The van der Waals surface area contributed by atoms with E-state index >= 15 is 0 Å². The highest BCUT2D eigenvalue weighted by molar-refractivity contribution is 6.36. The number of amides is 1. The zero-order chi connectivity index (χ0) is 15.6. The molecule has 108 valence electrons. The molecular formula is C13H9Cl2N3O3. The summed E-state index contributed by atoms with van der Waals surface area (Å²) in [6.07, 6.45) is 0. The number of nitro benzene ring substituents is 1. The first-order valence-electron chi connectivity index (χ1n) is 5.69. The number of carbonyl (C=O) groups is 1. The van der Waals surface area contributed by atoms with E-state index in [1.54, 1.807) is 0 Å². The molecule has 0 aliphatic carbocycles. The summed E-state index contributed by atoms with van der Waals surface area (Å²) >= 11 is 11.7. The van der Waals surface area contributed by atoms with E-state index in [9.17, 15) is 14.9 Å². The molecule has 0 saturated heterocycles. The maximum absolute atomic E-state index is 12.2. The van der Waals surface area contributed by atoms with Gasteiger partial charge < -0.3 is 11.1 Å². The molecule has 0 saturated carbocycles. The molecule has 0 spiro atoms. The third-order valence-electron chi connectivity index (χ3n) is 2.64. The van der Waals surface area contributed by atoms with Gasteiger partial charge in [-0.05, 0) is 30.3 Å². The van der Waals surface area contributed by atoms with Crippen molar-refractivity contribution < 1.29 is 9.72 Å². The first-order chi connectivity index (χ1) is 9.88. The first kappa shape index (κ1) is 15.1. The number of nitrogens with one attached hydrogen (secondary N) is 1. The molecule has 2 aromatic carbocycles. The van der Waals surface area contributed by atoms with E-state index in [0.717, 1.165) is 0 Å². The summed E-state index contributed by atoms with van der Waals surface area (Å²) < 4.78 is 0. The summed E-state index contributed by atoms with van der Waals surface area (Å²) in [5.74, 6) is -0.682. The summed E-state index contributed by atoms with van der Waals surface area (Å²) in [7, 11) is 0. The van der Waals surface area contributed by atoms with Crippen molar-refractivity contribution in [2.75, 3.05) is 11.1 Å². The van der Waals surface area contributed by atoms with Crippen molar-refractivity contribution in [3.63, 3.8) is 0 Å². The molecule has 1 amide bonds. The predicted molar refractivity (Wildman–Crippen MR) is 81.9 cm³/mol. The van der Waals surface area contributed by atoms with Gasteiger partial charge in [0.2, 0.25) is 0 Å². The highest BCUT2D eigenvalue weighted by Crippen LogP contribution is 2.27. The number of nitrogen functional groups attached to an aromatic ring is 1. The van der Waals surface area contributed by atoms with Crippen molar-refractivity contribution in [3.8, 4) is 0 Å². The lowest BCUT2D eigenvalue weighted by Crippen LogP contribution is -2.14. The van der Waals surface area contributed by atoms with Gasteiger partial charge >= 0.3 is 0 Å². The second-order valence-electron chi connectivity index (χ2n) is 4.11. The van der Waals surface area contributed by atoms with Gasteiger partial charge in [-0.15, -0.1) is 0 Å². The molecule has 0 fully saturated rings. The van der Waals surface area contributed by atoms with Gasteiger partial charge in [0.05, 0.1) is 15.6 Å². The third-order valence-corrected chi connectivity index (χ3v) is 3.19. The fourth-order valence-corrected chi connectivity index (χ4v) is 2.13. The number of rotatable bonds is 3. The van der Waals surface area contributed by atoms with Crippen LogP contribution in [0, 0.1) is 10.1 Å². The lowest BCUT2D eigenvalue weighted by Gasteiger charge is -2.08. The van der Waals surface area contributed by atoms with Gasteiger partial charge in [-0.2, -0.15) is 0 Å². The Morgan fingerprint density at radius 3 is 2.52 bits per heavy atom. The van der Waals surface area contributed by atoms with Crippen LogP contribution < -0.4 is 11.1 Å². The number of hydrogen-bond donors (Lipinski definition) is 2. The lowest BCUT2D eigenvalue weighted by molar-refractivity contribution is -0.385. The van der Waals surface area contributed by atoms with Gasteiger partial charge in [0, 0.05) is 16.8 Å². The second kappa shape index (κ2) is 5.99. The minimum absolute atomic E-state index is 0.147. The van der Waals surface area contributed by atoms with Crippen LogP contribution in [0.25, 0.3) is 0 Å². The molecule has 0 heterocycles. The van der Waals surface area contributed by atoms with Gasteiger partial charge in [-0.1, -0.05) is 23.2 Å². The van der Waals surface area contributed by atoms with E-state index in [0.29, 0.717) is 10.7 Å². The minimum Gasteiger partial charge on any atom is -0.399 e. The largest absolute Gasteiger partial charge is 0.399 e. The van der Waals surface area contributed by atoms with Gasteiger partial charge in [-0.3, -0.25) is 14.9 Å². The summed E-state index contributed by atoms with van der Waals surface area (Å²) in [6.45, 7) is 0. The van der Waals surface area contributed by atoms with Crippen LogP contribution in [-0.2, 0) is 0 Å². The summed E-state index contributed by atoms with van der Waals surface area (Å²) in [4.78, 5) is 22.5. The second-order valence-corrected chi connectivity index (χ2v) is 4.96. The summed E-state index contributed by atoms with van der Waals surface area (Å²) in [6, 6.07) is 8.25. The Morgan fingerprint density at radius 1 is 1.19 bits per heavy atom. The molecule has 8 heteroatoms. The molecule has 0 atom stereocenters. The minimum atomic E-state index is -0.682. The predicted octanol–water partition coefficient (Wildman–Crippen LogP) is 3.74. The molecule has 0 unspecified atom stereocenters. The molecule has 0 radical (unpaired) electrons. The number of benzene rings is 2. The van der Waals surface area contributed by atoms with Crippen molar-refractivity contribution in [1.82, 2.24) is 0 Å². The van der Waals surface area contributed by atoms with Crippen LogP contribution in [0.3, 0.4) is 0 Å². The molecular weight excluding hydrogens is 317 g/mol. The Labute approximate surface area is 129 Å². The molecule has 3 N–H and O–H groups in total. The topological polar surface area (TPSA) is 98.3 Å². The maximum Gasteiger partial charge on any atom is 0.282 e. The van der Waals surface area contributed by atoms with Crippen molar-refractivity contribution in [3.05, 3.63) is 62.1 Å². The Kier molecular flexibility index (Phi) is 4.30. The zero-order valence-corrected chi connectivity index (χ0v) is 12.0. The van der Waals surface area contributed by atoms with Crippen LogP contribution in [0.4, 0.5) is 17.1 Å². The number of nitrogens with two attached hydrogens (primary N) is 1. The van der Waals surface area contributed by atoms with Crippen molar-refractivity contribution in [2.45, 2.75) is 0 Å². The lowest BCUT2D eigenvalue weighted by atomic mass is 10.1. The average Bonchev–Trinajstić information content (AvgIpc) is 2.41. The molecule has 21 heavy (non-hydrogen) atoms. The molecule has 2 aromatic rings. The summed E-state index contributed by atoms with van der Waals surface area (Å²) in [5.41, 5.74) is 5.61. The smallest absolute Gasteiger partial charge is 0.282 e. The van der Waals surface area contributed by atoms with E-state index in [1.807, 2.05) is 0 Å². The van der Waals surface area contributed by atoms with Crippen LogP contribution >= 0.6 is 23.2 Å². The van der Waals surface area contributed by atoms with Crippen LogP contribution in [0.15, 0.2) is 36.4 Å². The molecule has 6 nitrogen and oxygen atoms in total. The number of carbonyl (C=O) groups excluding carboxylic acids is 1. The van der Waals surface area contributed by atoms with E-state index in [4.69, 9.17) is 28.9 Å².